The summed E-state index contributed by atoms with van der Waals surface area (Å²) in [7, 11) is 1.91. The Balaban J connectivity index is 1.49. The third kappa shape index (κ3) is 2.35. The van der Waals surface area contributed by atoms with Crippen LogP contribution < -0.4 is 4.74 Å². The molecule has 0 unspecified atom stereocenters. The second-order valence-corrected chi connectivity index (χ2v) is 6.44. The van der Waals surface area contributed by atoms with Crippen LogP contribution >= 0.6 is 0 Å². The average Bonchev–Trinajstić information content (AvgIpc) is 3.39. The minimum Gasteiger partial charge on any atom is -0.493 e. The fourth-order valence-corrected chi connectivity index (χ4v) is 3.64. The first-order valence-corrected chi connectivity index (χ1v) is 8.71. The Morgan fingerprint density at radius 3 is 3.04 bits per heavy atom. The van der Waals surface area contributed by atoms with Crippen LogP contribution in [-0.2, 0) is 26.3 Å². The van der Waals surface area contributed by atoms with Crippen LogP contribution in [0.2, 0.25) is 0 Å². The third-order valence-corrected chi connectivity index (χ3v) is 4.96. The van der Waals surface area contributed by atoms with Crippen LogP contribution in [0.4, 0.5) is 0 Å². The molecule has 0 saturated carbocycles. The molecule has 5 rings (SSSR count). The molecule has 0 bridgehead atoms. The van der Waals surface area contributed by atoms with Crippen LogP contribution in [0.5, 0.6) is 5.75 Å². The molecule has 130 valence electrons. The van der Waals surface area contributed by atoms with Crippen molar-refractivity contribution in [2.75, 3.05) is 6.61 Å². The standard InChI is InChI=1S/C19H18N6O/c1-24-16(7-9-22-24)15-11-20-18(25-12-21-23-19(15)25)6-5-13-3-2-4-17-14(13)8-10-26-17/h2-4,7,9,11-12H,5-6,8,10H2,1H3. The SMILES string of the molecule is Cn1nccc1-c1cnc(CCc2cccc3c2CCO3)n2cnnc12. The van der Waals surface area contributed by atoms with Crippen molar-refractivity contribution in [1.29, 1.82) is 0 Å². The summed E-state index contributed by atoms with van der Waals surface area (Å²) in [5, 5.41) is 12.6. The normalized spacial score (nSPS) is 13.1. The van der Waals surface area contributed by atoms with E-state index < -0.39 is 0 Å². The Hall–Kier alpha value is -3.22. The predicted octanol–water partition coefficient (Wildman–Crippen LogP) is 2.24. The maximum absolute atomic E-state index is 5.67. The number of fused-ring (bicyclic) bond motifs is 2. The van der Waals surface area contributed by atoms with Gasteiger partial charge in [0.25, 0.3) is 0 Å². The lowest BCUT2D eigenvalue weighted by Crippen LogP contribution is -2.05. The second-order valence-electron chi connectivity index (χ2n) is 6.44. The van der Waals surface area contributed by atoms with E-state index in [1.807, 2.05) is 34.5 Å². The lowest BCUT2D eigenvalue weighted by atomic mass is 10.0. The molecule has 0 atom stereocenters. The third-order valence-electron chi connectivity index (χ3n) is 4.96. The van der Waals surface area contributed by atoms with E-state index in [1.165, 1.54) is 11.1 Å². The van der Waals surface area contributed by atoms with Crippen molar-refractivity contribution in [2.24, 2.45) is 7.05 Å². The Bertz CT molecular complexity index is 1100. The van der Waals surface area contributed by atoms with Crippen molar-refractivity contribution in [3.63, 3.8) is 0 Å². The van der Waals surface area contributed by atoms with E-state index in [1.54, 1.807) is 12.5 Å². The van der Waals surface area contributed by atoms with Gasteiger partial charge in [-0.15, -0.1) is 10.2 Å². The number of nitrogens with zero attached hydrogens (tertiary/aromatic N) is 6. The molecule has 0 spiro atoms. The van der Waals surface area contributed by atoms with Crippen LogP contribution in [0.1, 0.15) is 17.0 Å². The lowest BCUT2D eigenvalue weighted by Gasteiger charge is -2.10. The van der Waals surface area contributed by atoms with Gasteiger partial charge in [-0.05, 0) is 24.1 Å². The average molecular weight is 346 g/mol. The highest BCUT2D eigenvalue weighted by atomic mass is 16.5. The molecule has 0 fully saturated rings. The van der Waals surface area contributed by atoms with Crippen molar-refractivity contribution in [1.82, 2.24) is 29.4 Å². The van der Waals surface area contributed by atoms with Gasteiger partial charge in [0.2, 0.25) is 0 Å². The summed E-state index contributed by atoms with van der Waals surface area (Å²) in [4.78, 5) is 4.70. The molecule has 0 amide bonds. The van der Waals surface area contributed by atoms with Crippen molar-refractivity contribution in [2.45, 2.75) is 19.3 Å². The van der Waals surface area contributed by atoms with Crippen molar-refractivity contribution in [3.8, 4) is 17.0 Å². The zero-order valence-corrected chi connectivity index (χ0v) is 14.5. The minimum absolute atomic E-state index is 0.777. The van der Waals surface area contributed by atoms with E-state index >= 15 is 0 Å². The zero-order valence-electron chi connectivity index (χ0n) is 14.5. The van der Waals surface area contributed by atoms with Gasteiger partial charge >= 0.3 is 0 Å². The Kier molecular flexibility index (Phi) is 3.44. The molecule has 7 heteroatoms. The van der Waals surface area contributed by atoms with Gasteiger partial charge in [-0.2, -0.15) is 5.10 Å². The summed E-state index contributed by atoms with van der Waals surface area (Å²) in [6.07, 6.45) is 8.09. The highest BCUT2D eigenvalue weighted by molar-refractivity contribution is 5.74. The summed E-state index contributed by atoms with van der Waals surface area (Å²) >= 11 is 0. The van der Waals surface area contributed by atoms with E-state index in [0.29, 0.717) is 0 Å². The molecular formula is C19H18N6O. The molecule has 0 N–H and O–H groups in total. The van der Waals surface area contributed by atoms with Gasteiger partial charge in [-0.25, -0.2) is 4.98 Å². The molecule has 1 aliphatic rings. The summed E-state index contributed by atoms with van der Waals surface area (Å²) in [5.74, 6) is 1.98. The smallest absolute Gasteiger partial charge is 0.173 e. The molecule has 0 saturated heterocycles. The van der Waals surface area contributed by atoms with Crippen LogP contribution in [-0.4, -0.2) is 36.0 Å². The van der Waals surface area contributed by atoms with Crippen LogP contribution in [0, 0.1) is 0 Å². The monoisotopic (exact) mass is 346 g/mol. The number of aryl methyl sites for hydroxylation is 3. The van der Waals surface area contributed by atoms with Gasteiger partial charge in [0.05, 0.1) is 17.9 Å². The lowest BCUT2D eigenvalue weighted by molar-refractivity contribution is 0.357. The number of hydrogen-bond donors (Lipinski definition) is 0. The van der Waals surface area contributed by atoms with Crippen molar-refractivity contribution < 1.29 is 4.74 Å². The molecule has 3 aromatic heterocycles. The summed E-state index contributed by atoms with van der Waals surface area (Å²) in [5.41, 5.74) is 5.37. The largest absolute Gasteiger partial charge is 0.493 e. The van der Waals surface area contributed by atoms with Crippen LogP contribution in [0.3, 0.4) is 0 Å². The van der Waals surface area contributed by atoms with Crippen LogP contribution in [0.15, 0.2) is 43.0 Å². The maximum Gasteiger partial charge on any atom is 0.173 e. The van der Waals surface area contributed by atoms with Crippen molar-refractivity contribution >= 4 is 5.65 Å². The van der Waals surface area contributed by atoms with Gasteiger partial charge in [0, 0.05) is 37.8 Å². The van der Waals surface area contributed by atoms with E-state index in [0.717, 1.165) is 54.3 Å². The summed E-state index contributed by atoms with van der Waals surface area (Å²) in [6, 6.07) is 8.25. The number of rotatable bonds is 4. The second kappa shape index (κ2) is 5.94. The predicted molar refractivity (Wildman–Crippen MR) is 96.0 cm³/mol. The number of hydrogen-bond acceptors (Lipinski definition) is 5. The summed E-state index contributed by atoms with van der Waals surface area (Å²) < 4.78 is 9.46. The quantitative estimate of drug-likeness (QED) is 0.567. The molecule has 0 aliphatic carbocycles. The maximum atomic E-state index is 5.67. The first-order chi connectivity index (χ1) is 12.8. The van der Waals surface area contributed by atoms with Gasteiger partial charge in [0.15, 0.2) is 5.65 Å². The molecular weight excluding hydrogens is 328 g/mol. The topological polar surface area (TPSA) is 70.1 Å². The fourth-order valence-electron chi connectivity index (χ4n) is 3.64. The van der Waals surface area contributed by atoms with Crippen molar-refractivity contribution in [3.05, 3.63) is 59.9 Å². The van der Waals surface area contributed by atoms with E-state index in [2.05, 4.69) is 27.4 Å². The first-order valence-electron chi connectivity index (χ1n) is 8.71. The Morgan fingerprint density at radius 2 is 2.15 bits per heavy atom. The molecule has 0 radical (unpaired) electrons. The summed E-state index contributed by atoms with van der Waals surface area (Å²) in [6.45, 7) is 0.777. The molecule has 1 aromatic carbocycles. The Labute approximate surface area is 150 Å². The van der Waals surface area contributed by atoms with E-state index in [4.69, 9.17) is 9.72 Å². The molecule has 4 heterocycles. The minimum atomic E-state index is 0.777. The fraction of sp³-hybridized carbons (Fsp3) is 0.263. The zero-order chi connectivity index (χ0) is 17.5. The first kappa shape index (κ1) is 15.1. The molecule has 7 nitrogen and oxygen atoms in total. The van der Waals surface area contributed by atoms with Gasteiger partial charge in [0.1, 0.15) is 17.9 Å². The van der Waals surface area contributed by atoms with Gasteiger partial charge in [-0.3, -0.25) is 9.08 Å². The molecule has 1 aliphatic heterocycles. The molecule has 4 aromatic rings. The highest BCUT2D eigenvalue weighted by Gasteiger charge is 2.17. The van der Waals surface area contributed by atoms with E-state index in [-0.39, 0.29) is 0 Å². The van der Waals surface area contributed by atoms with Gasteiger partial charge in [-0.1, -0.05) is 12.1 Å². The Morgan fingerprint density at radius 1 is 1.19 bits per heavy atom. The highest BCUT2D eigenvalue weighted by Crippen LogP contribution is 2.29. The van der Waals surface area contributed by atoms with Gasteiger partial charge < -0.3 is 4.74 Å². The molecule has 26 heavy (non-hydrogen) atoms. The number of aromatic nitrogens is 6. The number of ether oxygens (including phenoxy) is 1. The van der Waals surface area contributed by atoms with E-state index in [9.17, 15) is 0 Å². The van der Waals surface area contributed by atoms with Crippen LogP contribution in [0.25, 0.3) is 16.9 Å². The number of benzene rings is 1.